The summed E-state index contributed by atoms with van der Waals surface area (Å²) in [7, 11) is 1.41. The number of anilines is 3. The number of aromatic carboxylic acids is 1. The number of piperazine rings is 1. The first-order valence-electron chi connectivity index (χ1n) is 15.9. The molecule has 47 heavy (non-hydrogen) atoms. The number of carbonyl (C=O) groups is 1. The fraction of sp³-hybridized carbons (Fsp3) is 0.412. The number of aromatic nitrogens is 3. The zero-order valence-electron chi connectivity index (χ0n) is 27.2. The molecule has 12 nitrogen and oxygen atoms in total. The van der Waals surface area contributed by atoms with Crippen molar-refractivity contribution < 1.29 is 19.0 Å². The van der Waals surface area contributed by atoms with Gasteiger partial charge >= 0.3 is 11.7 Å². The number of methoxy groups -OCH3 is 1. The number of hydrogen-bond donors (Lipinski definition) is 3. The van der Waals surface area contributed by atoms with Crippen LogP contribution in [0.2, 0.25) is 0 Å². The molecular weight excluding hydrogens is 607 g/mol. The highest BCUT2D eigenvalue weighted by Crippen LogP contribution is 2.38. The third kappa shape index (κ3) is 6.94. The molecule has 0 radical (unpaired) electrons. The SMILES string of the molecule is CCc1cc(Nc2cc(=O)n(CCCCN3CCN(c4c(F)cc5c(=O)c(C(=O)O)cn(CC)c5c4OC)CC3)c(=O)[nH]2)ccc1C. The molecule has 1 aliphatic heterocycles. The van der Waals surface area contributed by atoms with Crippen LogP contribution in [-0.2, 0) is 19.5 Å². The molecule has 0 amide bonds. The fourth-order valence-corrected chi connectivity index (χ4v) is 6.26. The number of H-pyrrole nitrogens is 1. The van der Waals surface area contributed by atoms with E-state index in [1.54, 1.807) is 4.57 Å². The van der Waals surface area contributed by atoms with Crippen molar-refractivity contribution in [1.82, 2.24) is 19.0 Å². The monoisotopic (exact) mass is 648 g/mol. The minimum atomic E-state index is -1.37. The van der Waals surface area contributed by atoms with Crippen molar-refractivity contribution in [3.63, 3.8) is 0 Å². The van der Waals surface area contributed by atoms with Crippen LogP contribution < -0.4 is 31.6 Å². The van der Waals surface area contributed by atoms with Crippen LogP contribution in [0.15, 0.2) is 50.9 Å². The molecule has 5 rings (SSSR count). The van der Waals surface area contributed by atoms with Crippen LogP contribution in [0, 0.1) is 12.7 Å². The third-order valence-corrected chi connectivity index (χ3v) is 8.84. The van der Waals surface area contributed by atoms with Crippen molar-refractivity contribution in [3.05, 3.63) is 90.1 Å². The maximum Gasteiger partial charge on any atom is 0.341 e. The predicted molar refractivity (Wildman–Crippen MR) is 180 cm³/mol. The predicted octanol–water partition coefficient (Wildman–Crippen LogP) is 3.93. The van der Waals surface area contributed by atoms with E-state index < -0.39 is 28.5 Å². The number of carboxylic acid groups (broad SMARTS) is 1. The molecule has 1 fully saturated rings. The van der Waals surface area contributed by atoms with Crippen LogP contribution in [0.3, 0.4) is 0 Å². The molecule has 0 saturated carbocycles. The van der Waals surface area contributed by atoms with Gasteiger partial charge in [-0.1, -0.05) is 13.0 Å². The number of fused-ring (bicyclic) bond motifs is 1. The average Bonchev–Trinajstić information content (AvgIpc) is 3.05. The van der Waals surface area contributed by atoms with Crippen LogP contribution in [0.25, 0.3) is 10.9 Å². The zero-order chi connectivity index (χ0) is 33.8. The Balaban J connectivity index is 1.19. The van der Waals surface area contributed by atoms with Crippen molar-refractivity contribution >= 4 is 34.1 Å². The Hall–Kier alpha value is -4.91. The lowest BCUT2D eigenvalue weighted by molar-refractivity contribution is 0.0694. The highest BCUT2D eigenvalue weighted by molar-refractivity contribution is 5.97. The summed E-state index contributed by atoms with van der Waals surface area (Å²) in [6.07, 6.45) is 3.55. The fourth-order valence-electron chi connectivity index (χ4n) is 6.26. The smallest absolute Gasteiger partial charge is 0.341 e. The molecule has 0 unspecified atom stereocenters. The number of pyridine rings is 1. The summed E-state index contributed by atoms with van der Waals surface area (Å²) in [5.41, 5.74) is 1.78. The van der Waals surface area contributed by atoms with Gasteiger partial charge in [0.2, 0.25) is 5.43 Å². The first-order chi connectivity index (χ1) is 22.6. The van der Waals surface area contributed by atoms with Crippen LogP contribution in [0.4, 0.5) is 21.6 Å². The van der Waals surface area contributed by atoms with Gasteiger partial charge < -0.3 is 24.6 Å². The molecule has 1 aliphatic rings. The van der Waals surface area contributed by atoms with E-state index in [1.165, 1.54) is 35.1 Å². The van der Waals surface area contributed by atoms with E-state index in [0.29, 0.717) is 57.0 Å². The third-order valence-electron chi connectivity index (χ3n) is 8.84. The first-order valence-corrected chi connectivity index (χ1v) is 15.9. The number of carboxylic acids is 1. The van der Waals surface area contributed by atoms with Gasteiger partial charge in [0.05, 0.1) is 18.0 Å². The molecule has 0 spiro atoms. The van der Waals surface area contributed by atoms with Gasteiger partial charge in [-0.2, -0.15) is 0 Å². The van der Waals surface area contributed by atoms with E-state index in [9.17, 15) is 24.3 Å². The van der Waals surface area contributed by atoms with Crippen molar-refractivity contribution in [2.24, 2.45) is 0 Å². The molecule has 13 heteroatoms. The van der Waals surface area contributed by atoms with E-state index in [-0.39, 0.29) is 22.4 Å². The van der Waals surface area contributed by atoms with E-state index in [1.807, 2.05) is 36.9 Å². The normalized spacial score (nSPS) is 13.7. The summed E-state index contributed by atoms with van der Waals surface area (Å²) in [6.45, 7) is 9.66. The van der Waals surface area contributed by atoms with Gasteiger partial charge in [-0.05, 0) is 69.0 Å². The largest absolute Gasteiger partial charge is 0.492 e. The Labute approximate surface area is 271 Å². The number of rotatable bonds is 12. The van der Waals surface area contributed by atoms with E-state index >= 15 is 4.39 Å². The Morgan fingerprint density at radius 2 is 1.77 bits per heavy atom. The number of aromatic amines is 1. The number of hydrogen-bond acceptors (Lipinski definition) is 8. The van der Waals surface area contributed by atoms with E-state index in [2.05, 4.69) is 22.1 Å². The van der Waals surface area contributed by atoms with Crippen molar-refractivity contribution in [1.29, 1.82) is 0 Å². The molecule has 0 aliphatic carbocycles. The van der Waals surface area contributed by atoms with Gasteiger partial charge in [-0.3, -0.25) is 24.0 Å². The average molecular weight is 649 g/mol. The summed E-state index contributed by atoms with van der Waals surface area (Å²) < 4.78 is 24.0. The summed E-state index contributed by atoms with van der Waals surface area (Å²) in [5.74, 6) is -1.47. The molecule has 2 aromatic carbocycles. The number of nitrogens with zero attached hydrogens (tertiary/aromatic N) is 4. The number of aryl methyl sites for hydroxylation is 3. The van der Waals surface area contributed by atoms with E-state index in [4.69, 9.17) is 4.74 Å². The first kappa shape index (κ1) is 33.5. The van der Waals surface area contributed by atoms with Crippen LogP contribution in [-0.4, -0.2) is 69.9 Å². The number of ether oxygens (including phenoxy) is 1. The van der Waals surface area contributed by atoms with Gasteiger partial charge in [-0.25, -0.2) is 14.0 Å². The second-order valence-corrected chi connectivity index (χ2v) is 11.7. The van der Waals surface area contributed by atoms with Gasteiger partial charge in [0, 0.05) is 57.2 Å². The molecule has 3 N–H and O–H groups in total. The second-order valence-electron chi connectivity index (χ2n) is 11.7. The van der Waals surface area contributed by atoms with Gasteiger partial charge in [0.15, 0.2) is 11.6 Å². The molecule has 2 aromatic heterocycles. The maximum atomic E-state index is 15.6. The molecule has 250 valence electrons. The minimum absolute atomic E-state index is 0.0378. The Morgan fingerprint density at radius 1 is 1.04 bits per heavy atom. The Kier molecular flexibility index (Phi) is 10.1. The summed E-state index contributed by atoms with van der Waals surface area (Å²) >= 11 is 0. The van der Waals surface area contributed by atoms with Gasteiger partial charge in [0.25, 0.3) is 5.56 Å². The topological polar surface area (TPSA) is 142 Å². The molecule has 0 atom stereocenters. The van der Waals surface area contributed by atoms with Crippen molar-refractivity contribution in [2.75, 3.05) is 50.1 Å². The molecule has 3 heterocycles. The molecule has 1 saturated heterocycles. The lowest BCUT2D eigenvalue weighted by Crippen LogP contribution is -2.47. The van der Waals surface area contributed by atoms with Gasteiger partial charge in [0.1, 0.15) is 17.1 Å². The van der Waals surface area contributed by atoms with Crippen LogP contribution in [0.1, 0.15) is 48.2 Å². The Morgan fingerprint density at radius 3 is 2.40 bits per heavy atom. The second kappa shape index (κ2) is 14.2. The van der Waals surface area contributed by atoms with Crippen LogP contribution >= 0.6 is 0 Å². The highest BCUT2D eigenvalue weighted by Gasteiger charge is 2.27. The lowest BCUT2D eigenvalue weighted by Gasteiger charge is -2.37. The van der Waals surface area contributed by atoms with Crippen molar-refractivity contribution in [3.8, 4) is 5.75 Å². The molecular formula is C34H41FN6O6. The zero-order valence-corrected chi connectivity index (χ0v) is 27.2. The molecule has 0 bridgehead atoms. The van der Waals surface area contributed by atoms with Crippen molar-refractivity contribution in [2.45, 2.75) is 53.1 Å². The number of benzene rings is 2. The van der Waals surface area contributed by atoms with Gasteiger partial charge in [-0.15, -0.1) is 0 Å². The summed E-state index contributed by atoms with van der Waals surface area (Å²) in [5, 5.41) is 12.6. The highest BCUT2D eigenvalue weighted by atomic mass is 19.1. The minimum Gasteiger partial charge on any atom is -0.492 e. The Bertz CT molecular complexity index is 1940. The van der Waals surface area contributed by atoms with Crippen LogP contribution in [0.5, 0.6) is 5.75 Å². The quantitative estimate of drug-likeness (QED) is 0.195. The number of unbranched alkanes of at least 4 members (excludes halogenated alkanes) is 1. The number of nitrogens with one attached hydrogen (secondary N) is 2. The summed E-state index contributed by atoms with van der Waals surface area (Å²) in [6, 6.07) is 8.44. The maximum absolute atomic E-state index is 15.6. The standard InChI is InChI=1S/C34H41FN6O6/c1-5-22-17-23(10-9-21(22)3)36-27-19-28(42)41(34(46)37-27)12-8-7-11-38-13-15-40(16-14-38)30-26(35)18-24-29(32(30)47-4)39(6-2)20-25(31(24)43)33(44)45/h9-10,17-20,36H,5-8,11-16H2,1-4H3,(H,37,46)(H,44,45). The summed E-state index contributed by atoms with van der Waals surface area (Å²) in [4.78, 5) is 56.9. The lowest BCUT2D eigenvalue weighted by atomic mass is 10.1. The number of halogens is 1. The van der Waals surface area contributed by atoms with E-state index in [0.717, 1.165) is 31.1 Å². The molecule has 4 aromatic rings.